The van der Waals surface area contributed by atoms with Crippen molar-refractivity contribution >= 4 is 17.0 Å². The van der Waals surface area contributed by atoms with Crippen molar-refractivity contribution in [3.8, 4) is 23.0 Å². The molecule has 11 heteroatoms. The summed E-state index contributed by atoms with van der Waals surface area (Å²) in [7, 11) is 0. The zero-order chi connectivity index (χ0) is 23.9. The quantitative estimate of drug-likeness (QED) is 0.404. The van der Waals surface area contributed by atoms with Crippen molar-refractivity contribution < 1.29 is 32.5 Å². The molecule has 3 aromatic heterocycles. The van der Waals surface area contributed by atoms with E-state index in [-0.39, 0.29) is 18.1 Å². The van der Waals surface area contributed by atoms with Gasteiger partial charge in [-0.05, 0) is 36.8 Å². The van der Waals surface area contributed by atoms with Gasteiger partial charge in [0, 0.05) is 24.2 Å². The number of ether oxygens (including phenoxy) is 2. The molecule has 34 heavy (non-hydrogen) atoms. The number of imidazole rings is 1. The van der Waals surface area contributed by atoms with Crippen molar-refractivity contribution in [3.05, 3.63) is 66.1 Å². The molecule has 1 aromatic carbocycles. The number of cyclic esters (lactones) is 1. The molecule has 174 valence electrons. The number of fused-ring (bicyclic) bond motifs is 1. The van der Waals surface area contributed by atoms with E-state index in [4.69, 9.17) is 9.47 Å². The van der Waals surface area contributed by atoms with Crippen molar-refractivity contribution in [1.82, 2.24) is 19.9 Å². The van der Waals surface area contributed by atoms with E-state index < -0.39 is 24.1 Å². The predicted octanol–water partition coefficient (Wildman–Crippen LogP) is 4.79. The summed E-state index contributed by atoms with van der Waals surface area (Å²) < 4.78 is 49.5. The summed E-state index contributed by atoms with van der Waals surface area (Å²) in [6.07, 6.45) is -4.62. The van der Waals surface area contributed by atoms with E-state index in [1.807, 2.05) is 6.07 Å². The Bertz CT molecular complexity index is 1340. The van der Waals surface area contributed by atoms with E-state index in [0.29, 0.717) is 40.3 Å². The molecule has 1 aliphatic rings. The topological polar surface area (TPSA) is 110 Å². The molecule has 1 fully saturated rings. The number of esters is 1. The number of hydrogen-bond donors (Lipinski definition) is 2. The van der Waals surface area contributed by atoms with Gasteiger partial charge >= 0.3 is 12.1 Å². The van der Waals surface area contributed by atoms with Gasteiger partial charge in [0.2, 0.25) is 0 Å². The molecule has 1 saturated heterocycles. The van der Waals surface area contributed by atoms with Crippen molar-refractivity contribution in [2.24, 2.45) is 0 Å². The smallest absolute Gasteiger partial charge is 0.420 e. The van der Waals surface area contributed by atoms with Crippen LogP contribution in [0.4, 0.5) is 13.2 Å². The van der Waals surface area contributed by atoms with Crippen LogP contribution in [0.1, 0.15) is 36.3 Å². The van der Waals surface area contributed by atoms with E-state index in [1.54, 1.807) is 30.5 Å². The first kappa shape index (κ1) is 21.8. The summed E-state index contributed by atoms with van der Waals surface area (Å²) in [6, 6.07) is 11.2. The molecular weight excluding hydrogens is 453 g/mol. The third-order valence-corrected chi connectivity index (χ3v) is 5.33. The molecule has 0 bridgehead atoms. The van der Waals surface area contributed by atoms with Crippen molar-refractivity contribution in [3.63, 3.8) is 0 Å². The molecule has 0 amide bonds. The van der Waals surface area contributed by atoms with Gasteiger partial charge in [-0.15, -0.1) is 0 Å². The number of halogens is 3. The van der Waals surface area contributed by atoms with Crippen LogP contribution in [0.5, 0.6) is 11.5 Å². The van der Waals surface area contributed by atoms with Crippen LogP contribution in [0.2, 0.25) is 0 Å². The van der Waals surface area contributed by atoms with E-state index in [9.17, 15) is 23.1 Å². The number of H-pyrrole nitrogens is 1. The number of carbonyl (C=O) groups excluding carboxylic acids is 1. The standard InChI is InChI=1S/C23H17F3N4O4/c24-23(25,26)21(32)14-5-4-12(11-28-14)33-19-10-17-16(9-13(19)18-6-7-20(31)34-18)29-22(30-17)15-3-1-2-8-27-15/h1-5,8-11,18,21,32H,6-7H2,(H,29,30). The molecule has 4 aromatic rings. The second-order valence-corrected chi connectivity index (χ2v) is 7.69. The van der Waals surface area contributed by atoms with Gasteiger partial charge in [0.25, 0.3) is 0 Å². The SMILES string of the molecule is O=C1CCC(c2cc3[nH]c(-c4ccccn4)nc3cc2Oc2ccc(C(O)C(F)(F)F)nc2)O1. The van der Waals surface area contributed by atoms with E-state index in [0.717, 1.165) is 12.3 Å². The lowest BCUT2D eigenvalue weighted by molar-refractivity contribution is -0.208. The lowest BCUT2D eigenvalue weighted by Crippen LogP contribution is -2.21. The number of benzene rings is 1. The maximum absolute atomic E-state index is 12.7. The third kappa shape index (κ3) is 4.29. The van der Waals surface area contributed by atoms with Crippen LogP contribution in [0, 0.1) is 0 Å². The largest absolute Gasteiger partial charge is 0.457 e. The Balaban J connectivity index is 1.51. The Morgan fingerprint density at radius 1 is 1.18 bits per heavy atom. The van der Waals surface area contributed by atoms with Crippen LogP contribution in [0.3, 0.4) is 0 Å². The van der Waals surface area contributed by atoms with E-state index in [2.05, 4.69) is 19.9 Å². The van der Waals surface area contributed by atoms with Gasteiger partial charge in [0.1, 0.15) is 23.3 Å². The lowest BCUT2D eigenvalue weighted by atomic mass is 10.0. The normalized spacial score (nSPS) is 17.1. The number of aliphatic hydroxyl groups excluding tert-OH is 1. The van der Waals surface area contributed by atoms with Gasteiger partial charge in [0.15, 0.2) is 11.9 Å². The zero-order valence-corrected chi connectivity index (χ0v) is 17.4. The Morgan fingerprint density at radius 2 is 2.03 bits per heavy atom. The summed E-state index contributed by atoms with van der Waals surface area (Å²) in [4.78, 5) is 27.4. The van der Waals surface area contributed by atoms with Crippen molar-refractivity contribution in [2.75, 3.05) is 0 Å². The van der Waals surface area contributed by atoms with E-state index in [1.165, 1.54) is 6.07 Å². The zero-order valence-electron chi connectivity index (χ0n) is 17.4. The van der Waals surface area contributed by atoms with Gasteiger partial charge in [-0.1, -0.05) is 6.07 Å². The van der Waals surface area contributed by atoms with Crippen LogP contribution in [0.15, 0.2) is 54.9 Å². The van der Waals surface area contributed by atoms with Gasteiger partial charge < -0.3 is 19.6 Å². The maximum atomic E-state index is 12.7. The first-order chi connectivity index (χ1) is 16.3. The molecule has 4 heterocycles. The van der Waals surface area contributed by atoms with Gasteiger partial charge in [-0.25, -0.2) is 4.98 Å². The summed E-state index contributed by atoms with van der Waals surface area (Å²) in [6.45, 7) is 0. The second-order valence-electron chi connectivity index (χ2n) is 7.69. The van der Waals surface area contributed by atoms with Crippen LogP contribution >= 0.6 is 0 Å². The second kappa shape index (κ2) is 8.41. The Morgan fingerprint density at radius 3 is 2.68 bits per heavy atom. The average Bonchev–Trinajstić information content (AvgIpc) is 3.44. The first-order valence-corrected chi connectivity index (χ1v) is 10.3. The molecule has 8 nitrogen and oxygen atoms in total. The minimum Gasteiger partial charge on any atom is -0.457 e. The fraction of sp³-hybridized carbons (Fsp3) is 0.217. The fourth-order valence-corrected chi connectivity index (χ4v) is 3.67. The number of rotatable bonds is 5. The number of aromatic amines is 1. The lowest BCUT2D eigenvalue weighted by Gasteiger charge is -2.17. The van der Waals surface area contributed by atoms with Crippen LogP contribution in [0.25, 0.3) is 22.6 Å². The number of alkyl halides is 3. The van der Waals surface area contributed by atoms with E-state index >= 15 is 0 Å². The maximum Gasteiger partial charge on any atom is 0.420 e. The van der Waals surface area contributed by atoms with Gasteiger partial charge in [-0.2, -0.15) is 13.2 Å². The number of aliphatic hydroxyl groups is 1. The molecule has 2 atom stereocenters. The van der Waals surface area contributed by atoms with Gasteiger partial charge in [-0.3, -0.25) is 14.8 Å². The number of pyridine rings is 2. The molecular formula is C23H17F3N4O4. The Labute approximate surface area is 190 Å². The van der Waals surface area contributed by atoms with Gasteiger partial charge in [0.05, 0.1) is 22.9 Å². The minimum atomic E-state index is -4.83. The molecule has 5 rings (SSSR count). The molecule has 0 spiro atoms. The monoisotopic (exact) mass is 470 g/mol. The highest BCUT2D eigenvalue weighted by molar-refractivity contribution is 5.82. The predicted molar refractivity (Wildman–Crippen MR) is 113 cm³/mol. The molecule has 1 aliphatic heterocycles. The highest BCUT2D eigenvalue weighted by atomic mass is 19.4. The highest BCUT2D eigenvalue weighted by Gasteiger charge is 2.40. The number of hydrogen-bond acceptors (Lipinski definition) is 7. The van der Waals surface area contributed by atoms with Crippen LogP contribution in [-0.2, 0) is 9.53 Å². The molecule has 0 aliphatic carbocycles. The number of nitrogens with one attached hydrogen (secondary N) is 1. The Kier molecular flexibility index (Phi) is 5.40. The van der Waals surface area contributed by atoms with Crippen molar-refractivity contribution in [1.29, 1.82) is 0 Å². The number of aromatic nitrogens is 4. The molecule has 2 unspecified atom stereocenters. The molecule has 2 N–H and O–H groups in total. The fourth-order valence-electron chi connectivity index (χ4n) is 3.67. The molecule has 0 saturated carbocycles. The summed E-state index contributed by atoms with van der Waals surface area (Å²) in [5.41, 5.74) is 1.90. The average molecular weight is 470 g/mol. The van der Waals surface area contributed by atoms with Crippen LogP contribution in [-0.4, -0.2) is 37.2 Å². The first-order valence-electron chi connectivity index (χ1n) is 10.3. The summed E-state index contributed by atoms with van der Waals surface area (Å²) >= 11 is 0. The Hall–Kier alpha value is -3.99. The number of carbonyl (C=O) groups is 1. The molecule has 0 radical (unpaired) electrons. The summed E-state index contributed by atoms with van der Waals surface area (Å²) in [5, 5.41) is 9.37. The highest BCUT2D eigenvalue weighted by Crippen LogP contribution is 2.40. The minimum absolute atomic E-state index is 0.142. The summed E-state index contributed by atoms with van der Waals surface area (Å²) in [5.74, 6) is 0.664. The van der Waals surface area contributed by atoms with Crippen LogP contribution < -0.4 is 4.74 Å². The van der Waals surface area contributed by atoms with Crippen molar-refractivity contribution in [2.45, 2.75) is 31.2 Å². The third-order valence-electron chi connectivity index (χ3n) is 5.33. The number of nitrogens with zero attached hydrogens (tertiary/aromatic N) is 3.